The number of hydrogen-bond donors (Lipinski definition) is 1. The van der Waals surface area contributed by atoms with Gasteiger partial charge in [-0.1, -0.05) is 22.9 Å². The van der Waals surface area contributed by atoms with Gasteiger partial charge in [0.2, 0.25) is 0 Å². The molecule has 0 spiro atoms. The van der Waals surface area contributed by atoms with E-state index >= 15 is 0 Å². The van der Waals surface area contributed by atoms with Crippen molar-refractivity contribution in [1.82, 2.24) is 10.3 Å². The van der Waals surface area contributed by atoms with Gasteiger partial charge < -0.3 is 10.2 Å². The van der Waals surface area contributed by atoms with Gasteiger partial charge in [-0.2, -0.15) is 0 Å². The SMILES string of the molecule is C[C@@H]1CNCCN1c1nc2ccc(Cl)cc2s1.Cl.Cl. The van der Waals surface area contributed by atoms with Crippen LogP contribution >= 0.6 is 47.8 Å². The van der Waals surface area contributed by atoms with Crippen LogP contribution in [0.2, 0.25) is 5.02 Å². The third-order valence-corrected chi connectivity index (χ3v) is 4.38. The molecule has 1 saturated heterocycles. The largest absolute Gasteiger partial charge is 0.343 e. The first-order valence-corrected chi connectivity index (χ1v) is 6.97. The molecular weight excluding hydrogens is 325 g/mol. The molecule has 1 aliphatic rings. The number of benzene rings is 1. The van der Waals surface area contributed by atoms with Crippen molar-refractivity contribution >= 4 is 63.1 Å². The van der Waals surface area contributed by atoms with Crippen LogP contribution in [0.4, 0.5) is 5.13 Å². The van der Waals surface area contributed by atoms with Gasteiger partial charge in [-0.05, 0) is 25.1 Å². The van der Waals surface area contributed by atoms with Crippen molar-refractivity contribution in [3.8, 4) is 0 Å². The summed E-state index contributed by atoms with van der Waals surface area (Å²) >= 11 is 7.72. The Morgan fingerprint density at radius 3 is 2.95 bits per heavy atom. The Hall–Kier alpha value is -0.260. The number of anilines is 1. The Kier molecular flexibility index (Phi) is 6.15. The van der Waals surface area contributed by atoms with Gasteiger partial charge in [0.05, 0.1) is 10.2 Å². The van der Waals surface area contributed by atoms with E-state index in [1.807, 2.05) is 18.2 Å². The maximum absolute atomic E-state index is 6.00. The lowest BCUT2D eigenvalue weighted by Crippen LogP contribution is -2.49. The Labute approximate surface area is 134 Å². The molecule has 1 aliphatic heterocycles. The highest BCUT2D eigenvalue weighted by Crippen LogP contribution is 2.31. The van der Waals surface area contributed by atoms with Crippen LogP contribution in [0.1, 0.15) is 6.92 Å². The van der Waals surface area contributed by atoms with Crippen molar-refractivity contribution < 1.29 is 0 Å². The van der Waals surface area contributed by atoms with E-state index in [0.29, 0.717) is 6.04 Å². The number of fused-ring (bicyclic) bond motifs is 1. The number of piperazine rings is 1. The minimum Gasteiger partial charge on any atom is -0.343 e. The molecule has 1 atom stereocenters. The average molecular weight is 341 g/mol. The fourth-order valence-electron chi connectivity index (χ4n) is 2.13. The number of halogens is 3. The summed E-state index contributed by atoms with van der Waals surface area (Å²) in [7, 11) is 0. The Morgan fingerprint density at radius 2 is 2.21 bits per heavy atom. The molecule has 3 rings (SSSR count). The van der Waals surface area contributed by atoms with Gasteiger partial charge in [0.15, 0.2) is 5.13 Å². The zero-order chi connectivity index (χ0) is 11.8. The summed E-state index contributed by atoms with van der Waals surface area (Å²) in [6, 6.07) is 6.38. The number of nitrogens with zero attached hydrogens (tertiary/aromatic N) is 2. The van der Waals surface area contributed by atoms with Gasteiger partial charge in [0.25, 0.3) is 0 Å². The molecule has 7 heteroatoms. The molecule has 0 amide bonds. The van der Waals surface area contributed by atoms with E-state index in [9.17, 15) is 0 Å². The summed E-state index contributed by atoms with van der Waals surface area (Å²) < 4.78 is 1.17. The third-order valence-electron chi connectivity index (χ3n) is 3.09. The van der Waals surface area contributed by atoms with Crippen LogP contribution < -0.4 is 10.2 Å². The van der Waals surface area contributed by atoms with E-state index in [1.165, 1.54) is 4.70 Å². The summed E-state index contributed by atoms with van der Waals surface area (Å²) in [5.74, 6) is 0. The van der Waals surface area contributed by atoms with E-state index in [1.54, 1.807) is 11.3 Å². The van der Waals surface area contributed by atoms with Crippen molar-refractivity contribution in [3.05, 3.63) is 23.2 Å². The topological polar surface area (TPSA) is 28.2 Å². The Morgan fingerprint density at radius 1 is 1.42 bits per heavy atom. The first-order valence-electron chi connectivity index (χ1n) is 5.77. The molecule has 1 aromatic carbocycles. The van der Waals surface area contributed by atoms with Gasteiger partial charge >= 0.3 is 0 Å². The van der Waals surface area contributed by atoms with Gasteiger partial charge in [-0.3, -0.25) is 0 Å². The predicted octanol–water partition coefficient (Wildman–Crippen LogP) is 3.59. The molecule has 1 N–H and O–H groups in total. The molecule has 1 fully saturated rings. The summed E-state index contributed by atoms with van der Waals surface area (Å²) in [6.07, 6.45) is 0. The van der Waals surface area contributed by atoms with E-state index in [0.717, 1.165) is 35.3 Å². The maximum Gasteiger partial charge on any atom is 0.186 e. The fraction of sp³-hybridized carbons (Fsp3) is 0.417. The number of rotatable bonds is 1. The van der Waals surface area contributed by atoms with E-state index in [2.05, 4.69) is 22.1 Å². The van der Waals surface area contributed by atoms with E-state index in [-0.39, 0.29) is 24.8 Å². The van der Waals surface area contributed by atoms with Crippen LogP contribution in [-0.4, -0.2) is 30.7 Å². The monoisotopic (exact) mass is 339 g/mol. The van der Waals surface area contributed by atoms with Crippen LogP contribution in [0, 0.1) is 0 Å². The number of nitrogens with one attached hydrogen (secondary N) is 1. The lowest BCUT2D eigenvalue weighted by Gasteiger charge is -2.33. The molecule has 2 heterocycles. The Balaban J connectivity index is 0.000000902. The Bertz CT molecular complexity index is 546. The zero-order valence-corrected chi connectivity index (χ0v) is 13.6. The highest BCUT2D eigenvalue weighted by molar-refractivity contribution is 7.22. The minimum absolute atomic E-state index is 0. The number of thiazole rings is 1. The molecule has 0 radical (unpaired) electrons. The van der Waals surface area contributed by atoms with Crippen molar-refractivity contribution in [1.29, 1.82) is 0 Å². The second kappa shape index (κ2) is 6.95. The summed E-state index contributed by atoms with van der Waals surface area (Å²) in [5, 5.41) is 5.28. The minimum atomic E-state index is 0. The summed E-state index contributed by atoms with van der Waals surface area (Å²) in [4.78, 5) is 7.06. The highest BCUT2D eigenvalue weighted by atomic mass is 35.5. The van der Waals surface area contributed by atoms with Gasteiger partial charge in [0, 0.05) is 30.7 Å². The number of hydrogen-bond acceptors (Lipinski definition) is 4. The van der Waals surface area contributed by atoms with Crippen LogP contribution in [0.3, 0.4) is 0 Å². The first kappa shape index (κ1) is 16.8. The van der Waals surface area contributed by atoms with Crippen molar-refractivity contribution in [2.75, 3.05) is 24.5 Å². The molecule has 3 nitrogen and oxygen atoms in total. The molecule has 2 aromatic rings. The average Bonchev–Trinajstić information content (AvgIpc) is 2.72. The molecule has 106 valence electrons. The van der Waals surface area contributed by atoms with Crippen LogP contribution in [0.15, 0.2) is 18.2 Å². The lowest BCUT2D eigenvalue weighted by atomic mass is 10.2. The molecule has 0 saturated carbocycles. The zero-order valence-electron chi connectivity index (χ0n) is 10.4. The van der Waals surface area contributed by atoms with E-state index in [4.69, 9.17) is 11.6 Å². The van der Waals surface area contributed by atoms with Crippen LogP contribution in [0.5, 0.6) is 0 Å². The normalized spacial score (nSPS) is 18.8. The number of aromatic nitrogens is 1. The molecule has 1 aromatic heterocycles. The second-order valence-corrected chi connectivity index (χ2v) is 5.80. The molecule has 0 aliphatic carbocycles. The molecular formula is C12H16Cl3N3S. The van der Waals surface area contributed by atoms with Crippen molar-refractivity contribution in [2.45, 2.75) is 13.0 Å². The quantitative estimate of drug-likeness (QED) is 0.860. The highest BCUT2D eigenvalue weighted by Gasteiger charge is 2.21. The predicted molar refractivity (Wildman–Crippen MR) is 88.8 cm³/mol. The maximum atomic E-state index is 6.00. The smallest absolute Gasteiger partial charge is 0.186 e. The third kappa shape index (κ3) is 3.44. The van der Waals surface area contributed by atoms with Gasteiger partial charge in [0.1, 0.15) is 0 Å². The van der Waals surface area contributed by atoms with Crippen LogP contribution in [0.25, 0.3) is 10.2 Å². The van der Waals surface area contributed by atoms with Gasteiger partial charge in [-0.25, -0.2) is 4.98 Å². The van der Waals surface area contributed by atoms with Crippen molar-refractivity contribution in [2.24, 2.45) is 0 Å². The fourth-order valence-corrected chi connectivity index (χ4v) is 3.50. The van der Waals surface area contributed by atoms with E-state index < -0.39 is 0 Å². The summed E-state index contributed by atoms with van der Waals surface area (Å²) in [6.45, 7) is 5.30. The lowest BCUT2D eigenvalue weighted by molar-refractivity contribution is 0.500. The standard InChI is InChI=1S/C12H14ClN3S.2ClH/c1-8-7-14-4-5-16(8)12-15-10-3-2-9(13)6-11(10)17-12;;/h2-3,6,8,14H,4-5,7H2,1H3;2*1H/t8-;;/m1../s1. The van der Waals surface area contributed by atoms with Crippen LogP contribution in [-0.2, 0) is 0 Å². The van der Waals surface area contributed by atoms with Gasteiger partial charge in [-0.15, -0.1) is 24.8 Å². The first-order chi connectivity index (χ1) is 8.24. The molecule has 0 unspecified atom stereocenters. The summed E-state index contributed by atoms with van der Waals surface area (Å²) in [5.41, 5.74) is 1.04. The molecule has 19 heavy (non-hydrogen) atoms. The molecule has 0 bridgehead atoms. The second-order valence-electron chi connectivity index (χ2n) is 4.36. The van der Waals surface area contributed by atoms with Crippen molar-refractivity contribution in [3.63, 3.8) is 0 Å².